The summed E-state index contributed by atoms with van der Waals surface area (Å²) in [6.45, 7) is 0. The number of hydrogen-bond acceptors (Lipinski definition) is 1. The Hall–Kier alpha value is -6.96. The van der Waals surface area contributed by atoms with E-state index < -0.39 is 10.8 Å². The highest BCUT2D eigenvalue weighted by atomic mass is 16.5. The van der Waals surface area contributed by atoms with Crippen molar-refractivity contribution < 1.29 is 4.74 Å². The van der Waals surface area contributed by atoms with Crippen molar-refractivity contribution in [2.24, 2.45) is 0 Å². The minimum Gasteiger partial charge on any atom is -0.457 e. The van der Waals surface area contributed by atoms with E-state index in [0.29, 0.717) is 0 Å². The van der Waals surface area contributed by atoms with E-state index in [2.05, 4.69) is 194 Å². The fourth-order valence-electron chi connectivity index (χ4n) is 11.1. The van der Waals surface area contributed by atoms with Gasteiger partial charge in [-0.15, -0.1) is 0 Å². The Bertz CT molecular complexity index is 3050. The van der Waals surface area contributed by atoms with E-state index in [4.69, 9.17) is 4.74 Å². The highest BCUT2D eigenvalue weighted by molar-refractivity contribution is 6.06. The molecule has 0 fully saturated rings. The van der Waals surface area contributed by atoms with Crippen LogP contribution in [0.5, 0.6) is 11.5 Å². The first-order valence-corrected chi connectivity index (χ1v) is 19.3. The molecule has 0 atom stereocenters. The molecule has 55 heavy (non-hydrogen) atoms. The zero-order valence-corrected chi connectivity index (χ0v) is 29.9. The first-order valence-electron chi connectivity index (χ1n) is 19.3. The lowest BCUT2D eigenvalue weighted by Crippen LogP contribution is -2.32. The molecule has 1 heteroatoms. The van der Waals surface area contributed by atoms with Crippen molar-refractivity contribution in [1.29, 1.82) is 0 Å². The summed E-state index contributed by atoms with van der Waals surface area (Å²) < 4.78 is 6.80. The molecule has 0 aromatic heterocycles. The van der Waals surface area contributed by atoms with Crippen molar-refractivity contribution in [1.82, 2.24) is 0 Å². The van der Waals surface area contributed by atoms with Gasteiger partial charge in [-0.05, 0) is 113 Å². The summed E-state index contributed by atoms with van der Waals surface area (Å²) in [5.41, 5.74) is 19.7. The SMILES string of the molecule is c1ccc2c(c1)Oc1ccc(-c3ccc4c(c3)C3(c5ccccc5-c5ccccc53)c3ccc5ccccc5c3-4)cc1C21c2ccccc2-c2ccccc21. The van der Waals surface area contributed by atoms with Crippen molar-refractivity contribution in [2.75, 3.05) is 0 Å². The van der Waals surface area contributed by atoms with Crippen LogP contribution in [-0.2, 0) is 10.8 Å². The quantitative estimate of drug-likeness (QED) is 0.166. The Morgan fingerprint density at radius 3 is 1.40 bits per heavy atom. The Balaban J connectivity index is 1.10. The smallest absolute Gasteiger partial charge is 0.132 e. The molecule has 1 nitrogen and oxygen atoms in total. The minimum absolute atomic E-state index is 0.432. The van der Waals surface area contributed by atoms with Gasteiger partial charge >= 0.3 is 0 Å². The summed E-state index contributed by atoms with van der Waals surface area (Å²) in [6, 6.07) is 72.4. The van der Waals surface area contributed by atoms with Gasteiger partial charge in [-0.25, -0.2) is 0 Å². The number of ether oxygens (including phenoxy) is 1. The summed E-state index contributed by atoms with van der Waals surface area (Å²) in [7, 11) is 0. The van der Waals surface area contributed by atoms with Crippen LogP contribution in [0.25, 0.3) is 55.3 Å². The average Bonchev–Trinajstić information content (AvgIpc) is 3.84. The van der Waals surface area contributed by atoms with E-state index in [1.807, 2.05) is 0 Å². The van der Waals surface area contributed by atoms with Crippen molar-refractivity contribution in [2.45, 2.75) is 10.8 Å². The molecule has 0 bridgehead atoms. The molecule has 13 rings (SSSR count). The van der Waals surface area contributed by atoms with E-state index in [-0.39, 0.29) is 0 Å². The second-order valence-corrected chi connectivity index (χ2v) is 15.5. The summed E-state index contributed by atoms with van der Waals surface area (Å²) in [6.07, 6.45) is 0. The maximum absolute atomic E-state index is 6.80. The number of fused-ring (bicyclic) bond motifs is 21. The Kier molecular flexibility index (Phi) is 5.56. The third-order valence-electron chi connectivity index (χ3n) is 13.2. The third kappa shape index (κ3) is 3.46. The maximum atomic E-state index is 6.80. The fraction of sp³-hybridized carbons (Fsp3) is 0.0370. The molecule has 0 N–H and O–H groups in total. The molecule has 1 aliphatic heterocycles. The van der Waals surface area contributed by atoms with E-state index in [1.54, 1.807) is 0 Å². The van der Waals surface area contributed by atoms with Crippen LogP contribution >= 0.6 is 0 Å². The second kappa shape index (κ2) is 10.4. The van der Waals surface area contributed by atoms with Crippen molar-refractivity contribution >= 4 is 10.8 Å². The molecular formula is C54H32O. The van der Waals surface area contributed by atoms with Gasteiger partial charge in [0, 0.05) is 11.1 Å². The topological polar surface area (TPSA) is 9.23 Å². The van der Waals surface area contributed by atoms with Crippen LogP contribution < -0.4 is 4.74 Å². The lowest BCUT2D eigenvalue weighted by atomic mass is 9.65. The number of rotatable bonds is 1. The minimum atomic E-state index is -0.510. The van der Waals surface area contributed by atoms with Gasteiger partial charge < -0.3 is 4.74 Å². The molecule has 9 aromatic carbocycles. The number of benzene rings is 9. The summed E-state index contributed by atoms with van der Waals surface area (Å²) in [4.78, 5) is 0. The molecule has 3 aliphatic carbocycles. The third-order valence-corrected chi connectivity index (χ3v) is 13.2. The normalized spacial score (nSPS) is 15.0. The molecule has 9 aromatic rings. The highest BCUT2D eigenvalue weighted by Gasteiger charge is 2.53. The monoisotopic (exact) mass is 696 g/mol. The van der Waals surface area contributed by atoms with E-state index >= 15 is 0 Å². The van der Waals surface area contributed by atoms with Crippen molar-refractivity contribution in [3.05, 3.63) is 239 Å². The van der Waals surface area contributed by atoms with Gasteiger partial charge in [0.05, 0.1) is 10.8 Å². The standard InChI is InChI=1S/C54H32O/c1-2-14-36-33(13-1)26-29-47-52(36)41-28-25-34(31-48(41)54(47)44-21-9-5-17-39(44)40-18-6-10-22-45(40)54)35-27-30-51-49(32-35)53(46-23-11-12-24-50(46)55-51)42-19-7-3-15-37(42)38-16-4-8-20-43(38)53/h1-32H. The molecule has 0 saturated heterocycles. The number of hydrogen-bond donors (Lipinski definition) is 0. The van der Waals surface area contributed by atoms with Crippen LogP contribution in [0.2, 0.25) is 0 Å². The first-order chi connectivity index (χ1) is 27.3. The van der Waals surface area contributed by atoms with Crippen LogP contribution in [0.1, 0.15) is 44.5 Å². The Morgan fingerprint density at radius 2 is 0.764 bits per heavy atom. The van der Waals surface area contributed by atoms with Crippen LogP contribution in [-0.4, -0.2) is 0 Å². The average molecular weight is 697 g/mol. The largest absolute Gasteiger partial charge is 0.457 e. The van der Waals surface area contributed by atoms with Gasteiger partial charge in [0.15, 0.2) is 0 Å². The molecule has 0 unspecified atom stereocenters. The maximum Gasteiger partial charge on any atom is 0.132 e. The summed E-state index contributed by atoms with van der Waals surface area (Å²) in [5, 5.41) is 2.57. The van der Waals surface area contributed by atoms with Gasteiger partial charge in [-0.3, -0.25) is 0 Å². The predicted molar refractivity (Wildman–Crippen MR) is 223 cm³/mol. The molecule has 0 radical (unpaired) electrons. The molecule has 2 spiro atoms. The second-order valence-electron chi connectivity index (χ2n) is 15.5. The fourth-order valence-corrected chi connectivity index (χ4v) is 11.1. The Morgan fingerprint density at radius 1 is 0.291 bits per heavy atom. The first kappa shape index (κ1) is 29.5. The van der Waals surface area contributed by atoms with Crippen LogP contribution in [0.4, 0.5) is 0 Å². The van der Waals surface area contributed by atoms with E-state index in [1.165, 1.54) is 99.8 Å². The van der Waals surface area contributed by atoms with E-state index in [9.17, 15) is 0 Å². The summed E-state index contributed by atoms with van der Waals surface area (Å²) in [5.74, 6) is 1.82. The van der Waals surface area contributed by atoms with Gasteiger partial charge in [-0.1, -0.05) is 170 Å². The molecule has 0 amide bonds. The zero-order chi connectivity index (χ0) is 35.9. The van der Waals surface area contributed by atoms with Crippen LogP contribution in [0, 0.1) is 0 Å². The molecule has 0 saturated carbocycles. The molecular weight excluding hydrogens is 665 g/mol. The zero-order valence-electron chi connectivity index (χ0n) is 29.9. The highest BCUT2D eigenvalue weighted by Crippen LogP contribution is 2.65. The van der Waals surface area contributed by atoms with Crippen LogP contribution in [0.15, 0.2) is 194 Å². The van der Waals surface area contributed by atoms with Crippen molar-refractivity contribution in [3.63, 3.8) is 0 Å². The number of para-hydroxylation sites is 1. The van der Waals surface area contributed by atoms with Gasteiger partial charge in [-0.2, -0.15) is 0 Å². The van der Waals surface area contributed by atoms with Crippen molar-refractivity contribution in [3.8, 4) is 56.0 Å². The van der Waals surface area contributed by atoms with E-state index in [0.717, 1.165) is 11.5 Å². The predicted octanol–water partition coefficient (Wildman–Crippen LogP) is 13.3. The van der Waals surface area contributed by atoms with Gasteiger partial charge in [0.1, 0.15) is 11.5 Å². The Labute approximate surface area is 319 Å². The van der Waals surface area contributed by atoms with Gasteiger partial charge in [0.2, 0.25) is 0 Å². The molecule has 4 aliphatic rings. The lowest BCUT2D eigenvalue weighted by Gasteiger charge is -2.39. The molecule has 254 valence electrons. The summed E-state index contributed by atoms with van der Waals surface area (Å²) >= 11 is 0. The molecule has 1 heterocycles. The lowest BCUT2D eigenvalue weighted by molar-refractivity contribution is 0.436. The van der Waals surface area contributed by atoms with Gasteiger partial charge in [0.25, 0.3) is 0 Å². The van der Waals surface area contributed by atoms with Crippen LogP contribution in [0.3, 0.4) is 0 Å².